The molecule has 0 radical (unpaired) electrons. The maximum atomic E-state index is 4.33. The number of anilines is 1. The summed E-state index contributed by atoms with van der Waals surface area (Å²) in [7, 11) is 1.85. The fourth-order valence-electron chi connectivity index (χ4n) is 1.35. The van der Waals surface area contributed by atoms with Crippen molar-refractivity contribution in [1.29, 1.82) is 0 Å². The Morgan fingerprint density at radius 1 is 1.31 bits per heavy atom. The van der Waals surface area contributed by atoms with Crippen molar-refractivity contribution in [2.24, 2.45) is 0 Å². The van der Waals surface area contributed by atoms with Crippen molar-refractivity contribution < 1.29 is 0 Å². The molecular formula is C10H11N3. The van der Waals surface area contributed by atoms with E-state index < -0.39 is 0 Å². The van der Waals surface area contributed by atoms with Crippen LogP contribution < -0.4 is 5.32 Å². The van der Waals surface area contributed by atoms with Crippen LogP contribution in [0.2, 0.25) is 0 Å². The van der Waals surface area contributed by atoms with Gasteiger partial charge in [0.15, 0.2) is 5.82 Å². The molecule has 2 aromatic heterocycles. The minimum Gasteiger partial charge on any atom is -0.371 e. The average Bonchev–Trinajstić information content (AvgIpc) is 2.16. The number of hydrogen-bond donors (Lipinski definition) is 1. The molecule has 3 nitrogen and oxygen atoms in total. The zero-order valence-corrected chi connectivity index (χ0v) is 7.70. The van der Waals surface area contributed by atoms with Crippen LogP contribution in [0, 0.1) is 6.92 Å². The average molecular weight is 173 g/mol. The van der Waals surface area contributed by atoms with Crippen molar-refractivity contribution in [2.45, 2.75) is 6.92 Å². The van der Waals surface area contributed by atoms with Crippen molar-refractivity contribution in [3.8, 4) is 0 Å². The Morgan fingerprint density at radius 2 is 2.15 bits per heavy atom. The molecule has 0 atom stereocenters. The second-order valence-electron chi connectivity index (χ2n) is 2.99. The molecular weight excluding hydrogens is 162 g/mol. The quantitative estimate of drug-likeness (QED) is 0.716. The van der Waals surface area contributed by atoms with Gasteiger partial charge in [0.05, 0.1) is 0 Å². The first-order chi connectivity index (χ1) is 6.31. The van der Waals surface area contributed by atoms with Gasteiger partial charge in [-0.1, -0.05) is 0 Å². The Bertz CT molecular complexity index is 437. The van der Waals surface area contributed by atoms with Crippen molar-refractivity contribution in [1.82, 2.24) is 9.97 Å². The second-order valence-corrected chi connectivity index (χ2v) is 2.99. The highest BCUT2D eigenvalue weighted by Gasteiger charge is 2.00. The maximum absolute atomic E-state index is 4.33. The van der Waals surface area contributed by atoms with Gasteiger partial charge in [-0.15, -0.1) is 0 Å². The molecule has 2 aromatic rings. The number of pyridine rings is 2. The van der Waals surface area contributed by atoms with Crippen LogP contribution in [0.25, 0.3) is 10.9 Å². The molecule has 2 heterocycles. The van der Waals surface area contributed by atoms with Crippen LogP contribution in [0.15, 0.2) is 24.5 Å². The van der Waals surface area contributed by atoms with E-state index in [1.54, 1.807) is 6.20 Å². The lowest BCUT2D eigenvalue weighted by Gasteiger charge is -2.03. The zero-order valence-electron chi connectivity index (χ0n) is 7.70. The Kier molecular flexibility index (Phi) is 1.85. The van der Waals surface area contributed by atoms with Crippen molar-refractivity contribution in [2.75, 3.05) is 12.4 Å². The molecule has 3 heteroatoms. The molecule has 0 unspecified atom stereocenters. The van der Waals surface area contributed by atoms with E-state index in [-0.39, 0.29) is 0 Å². The largest absolute Gasteiger partial charge is 0.371 e. The maximum Gasteiger partial charge on any atom is 0.152 e. The van der Waals surface area contributed by atoms with Crippen LogP contribution in [-0.4, -0.2) is 17.0 Å². The van der Waals surface area contributed by atoms with Gasteiger partial charge >= 0.3 is 0 Å². The molecule has 0 aliphatic rings. The van der Waals surface area contributed by atoms with E-state index in [0.717, 1.165) is 16.7 Å². The number of nitrogens with one attached hydrogen (secondary N) is 1. The van der Waals surface area contributed by atoms with E-state index in [2.05, 4.69) is 21.4 Å². The summed E-state index contributed by atoms with van der Waals surface area (Å²) in [5, 5.41) is 4.14. The van der Waals surface area contributed by atoms with Crippen LogP contribution in [-0.2, 0) is 0 Å². The highest BCUT2D eigenvalue weighted by molar-refractivity contribution is 5.88. The lowest BCUT2D eigenvalue weighted by Crippen LogP contribution is -1.94. The van der Waals surface area contributed by atoms with Gasteiger partial charge in [0.25, 0.3) is 0 Å². The minimum atomic E-state index is 0.831. The van der Waals surface area contributed by atoms with E-state index in [4.69, 9.17) is 0 Å². The third kappa shape index (κ3) is 1.33. The van der Waals surface area contributed by atoms with Crippen LogP contribution in [0.5, 0.6) is 0 Å². The Morgan fingerprint density at radius 3 is 2.92 bits per heavy atom. The summed E-state index contributed by atoms with van der Waals surface area (Å²) in [6.45, 7) is 2.03. The molecule has 0 fully saturated rings. The molecule has 0 aromatic carbocycles. The summed E-state index contributed by atoms with van der Waals surface area (Å²) in [4.78, 5) is 8.51. The predicted molar refractivity (Wildman–Crippen MR) is 53.8 cm³/mol. The van der Waals surface area contributed by atoms with Gasteiger partial charge < -0.3 is 5.32 Å². The number of rotatable bonds is 1. The molecule has 66 valence electrons. The molecule has 0 saturated carbocycles. The molecule has 0 aliphatic carbocycles. The van der Waals surface area contributed by atoms with Gasteiger partial charge in [-0.25, -0.2) is 4.98 Å². The Balaban J connectivity index is 2.77. The molecule has 1 N–H and O–H groups in total. The fourth-order valence-corrected chi connectivity index (χ4v) is 1.35. The highest BCUT2D eigenvalue weighted by Crippen LogP contribution is 2.18. The normalized spacial score (nSPS) is 10.3. The third-order valence-electron chi connectivity index (χ3n) is 1.97. The van der Waals surface area contributed by atoms with Crippen molar-refractivity contribution in [3.05, 3.63) is 30.1 Å². The lowest BCUT2D eigenvalue weighted by atomic mass is 10.2. The van der Waals surface area contributed by atoms with E-state index in [0.29, 0.717) is 0 Å². The predicted octanol–water partition coefficient (Wildman–Crippen LogP) is 1.98. The molecule has 0 saturated heterocycles. The van der Waals surface area contributed by atoms with Gasteiger partial charge in [-0.3, -0.25) is 4.98 Å². The van der Waals surface area contributed by atoms with E-state index in [1.807, 2.05) is 26.2 Å². The first-order valence-electron chi connectivity index (χ1n) is 4.20. The Labute approximate surface area is 76.8 Å². The van der Waals surface area contributed by atoms with Crippen molar-refractivity contribution in [3.63, 3.8) is 0 Å². The number of fused-ring (bicyclic) bond motifs is 1. The lowest BCUT2D eigenvalue weighted by molar-refractivity contribution is 1.26. The summed E-state index contributed by atoms with van der Waals surface area (Å²) >= 11 is 0. The van der Waals surface area contributed by atoms with Crippen molar-refractivity contribution >= 4 is 16.7 Å². The monoisotopic (exact) mass is 173 g/mol. The number of aromatic nitrogens is 2. The van der Waals surface area contributed by atoms with E-state index in [1.165, 1.54) is 5.56 Å². The van der Waals surface area contributed by atoms with Crippen LogP contribution in [0.4, 0.5) is 5.82 Å². The molecule has 0 spiro atoms. The summed E-state index contributed by atoms with van der Waals surface area (Å²) in [6, 6.07) is 4.07. The number of hydrogen-bond acceptors (Lipinski definition) is 3. The third-order valence-corrected chi connectivity index (χ3v) is 1.97. The topological polar surface area (TPSA) is 37.8 Å². The second kappa shape index (κ2) is 3.01. The van der Waals surface area contributed by atoms with Gasteiger partial charge in [0, 0.05) is 24.8 Å². The fraction of sp³-hybridized carbons (Fsp3) is 0.200. The SMILES string of the molecule is CNc1nccc2cc(C)cnc12. The van der Waals surface area contributed by atoms with Gasteiger partial charge in [0.2, 0.25) is 0 Å². The highest BCUT2D eigenvalue weighted by atomic mass is 15.0. The van der Waals surface area contributed by atoms with E-state index >= 15 is 0 Å². The first kappa shape index (κ1) is 7.98. The van der Waals surface area contributed by atoms with Crippen LogP contribution >= 0.6 is 0 Å². The summed E-state index contributed by atoms with van der Waals surface area (Å²) in [5.74, 6) is 0.831. The zero-order chi connectivity index (χ0) is 9.26. The number of aryl methyl sites for hydroxylation is 1. The molecule has 13 heavy (non-hydrogen) atoms. The first-order valence-corrected chi connectivity index (χ1v) is 4.20. The van der Waals surface area contributed by atoms with Gasteiger partial charge in [-0.2, -0.15) is 0 Å². The van der Waals surface area contributed by atoms with Crippen LogP contribution in [0.1, 0.15) is 5.56 Å². The van der Waals surface area contributed by atoms with Gasteiger partial charge in [0.1, 0.15) is 5.52 Å². The standard InChI is InChI=1S/C10H11N3/c1-7-5-8-3-4-12-10(11-2)9(8)13-6-7/h3-6H,1-2H3,(H,11,12). The molecule has 0 aliphatic heterocycles. The van der Waals surface area contributed by atoms with Crippen LogP contribution in [0.3, 0.4) is 0 Å². The molecule has 2 rings (SSSR count). The summed E-state index contributed by atoms with van der Waals surface area (Å²) < 4.78 is 0. The van der Waals surface area contributed by atoms with Gasteiger partial charge in [-0.05, 0) is 24.6 Å². The summed E-state index contributed by atoms with van der Waals surface area (Å²) in [5.41, 5.74) is 2.09. The molecule has 0 bridgehead atoms. The smallest absolute Gasteiger partial charge is 0.152 e. The Hall–Kier alpha value is -1.64. The minimum absolute atomic E-state index is 0.831. The molecule has 0 amide bonds. The summed E-state index contributed by atoms with van der Waals surface area (Å²) in [6.07, 6.45) is 3.64. The van der Waals surface area contributed by atoms with E-state index in [9.17, 15) is 0 Å². The number of nitrogens with zero attached hydrogens (tertiary/aromatic N) is 2.